The van der Waals surface area contributed by atoms with Gasteiger partial charge in [-0.15, -0.1) is 0 Å². The van der Waals surface area contributed by atoms with Gasteiger partial charge in [-0.05, 0) is 45.2 Å². The molecule has 0 saturated heterocycles. The maximum absolute atomic E-state index is 12.0. The molecule has 19 heavy (non-hydrogen) atoms. The molecule has 4 nitrogen and oxygen atoms in total. The highest BCUT2D eigenvalue weighted by atomic mass is 32.2. The molecule has 0 unspecified atom stereocenters. The van der Waals surface area contributed by atoms with Crippen molar-refractivity contribution in [3.63, 3.8) is 0 Å². The molecule has 0 bridgehead atoms. The van der Waals surface area contributed by atoms with Crippen LogP contribution in [0, 0.1) is 0 Å². The molecule has 0 aliphatic heterocycles. The number of thioether (sulfide) groups is 1. The third-order valence-corrected chi connectivity index (χ3v) is 4.05. The summed E-state index contributed by atoms with van der Waals surface area (Å²) < 4.78 is 5.36. The van der Waals surface area contributed by atoms with E-state index in [0.717, 1.165) is 0 Å². The van der Waals surface area contributed by atoms with Crippen molar-refractivity contribution in [2.24, 2.45) is 0 Å². The zero-order valence-corrected chi connectivity index (χ0v) is 12.8. The smallest absolute Gasteiger partial charge is 0.251 e. The van der Waals surface area contributed by atoms with Gasteiger partial charge < -0.3 is 15.8 Å². The van der Waals surface area contributed by atoms with Crippen molar-refractivity contribution < 1.29 is 9.53 Å². The van der Waals surface area contributed by atoms with Gasteiger partial charge in [-0.2, -0.15) is 11.8 Å². The molecule has 1 rings (SSSR count). The fourth-order valence-corrected chi connectivity index (χ4v) is 1.66. The van der Waals surface area contributed by atoms with E-state index in [4.69, 9.17) is 10.5 Å². The molecule has 0 atom stereocenters. The highest BCUT2D eigenvalue weighted by molar-refractivity contribution is 7.99. The Labute approximate surface area is 119 Å². The number of benzene rings is 1. The van der Waals surface area contributed by atoms with Crippen LogP contribution in [0.25, 0.3) is 0 Å². The molecule has 0 aromatic heterocycles. The van der Waals surface area contributed by atoms with E-state index in [-0.39, 0.29) is 10.7 Å². The Morgan fingerprint density at radius 2 is 2.16 bits per heavy atom. The van der Waals surface area contributed by atoms with Crippen LogP contribution in [0.15, 0.2) is 18.2 Å². The zero-order chi connectivity index (χ0) is 14.5. The topological polar surface area (TPSA) is 64.3 Å². The van der Waals surface area contributed by atoms with Crippen LogP contribution in [0.2, 0.25) is 0 Å². The van der Waals surface area contributed by atoms with Gasteiger partial charge in [0, 0.05) is 16.9 Å². The van der Waals surface area contributed by atoms with E-state index >= 15 is 0 Å². The number of hydrogen-bond donors (Lipinski definition) is 2. The third kappa shape index (κ3) is 4.67. The second-order valence-corrected chi connectivity index (χ2v) is 6.35. The number of nitrogens with two attached hydrogens (primary N) is 1. The molecule has 0 aliphatic carbocycles. The van der Waals surface area contributed by atoms with Crippen LogP contribution in [0.4, 0.5) is 5.69 Å². The van der Waals surface area contributed by atoms with Crippen molar-refractivity contribution in [1.82, 2.24) is 5.32 Å². The Hall–Kier alpha value is -1.36. The monoisotopic (exact) mass is 282 g/mol. The first-order valence-corrected chi connectivity index (χ1v) is 7.47. The number of carbonyl (C=O) groups excluding carboxylic acids is 1. The van der Waals surface area contributed by atoms with Crippen molar-refractivity contribution in [3.05, 3.63) is 23.8 Å². The Morgan fingerprint density at radius 3 is 2.68 bits per heavy atom. The van der Waals surface area contributed by atoms with Gasteiger partial charge in [0.2, 0.25) is 0 Å². The number of nitrogen functional groups attached to an aromatic ring is 1. The summed E-state index contributed by atoms with van der Waals surface area (Å²) in [6.07, 6.45) is 2.03. The summed E-state index contributed by atoms with van der Waals surface area (Å²) in [5.41, 5.74) is 6.88. The fraction of sp³-hybridized carbons (Fsp3) is 0.500. The molecular formula is C14H22N2O2S. The lowest BCUT2D eigenvalue weighted by Crippen LogP contribution is -2.36. The van der Waals surface area contributed by atoms with Gasteiger partial charge >= 0.3 is 0 Å². The van der Waals surface area contributed by atoms with Gasteiger partial charge in [0.25, 0.3) is 5.91 Å². The van der Waals surface area contributed by atoms with Crippen LogP contribution in [0.5, 0.6) is 5.75 Å². The molecule has 0 saturated carbocycles. The van der Waals surface area contributed by atoms with Gasteiger partial charge in [-0.1, -0.05) is 0 Å². The van der Waals surface area contributed by atoms with Crippen LogP contribution >= 0.6 is 11.8 Å². The maximum Gasteiger partial charge on any atom is 0.251 e. The molecule has 5 heteroatoms. The Kier molecular flexibility index (Phi) is 5.54. The molecule has 1 aromatic carbocycles. The lowest BCUT2D eigenvalue weighted by molar-refractivity contribution is 0.0951. The predicted octanol–water partition coefficient (Wildman–Crippen LogP) is 2.54. The highest BCUT2D eigenvalue weighted by Crippen LogP contribution is 2.23. The van der Waals surface area contributed by atoms with E-state index in [1.54, 1.807) is 30.0 Å². The van der Waals surface area contributed by atoms with Gasteiger partial charge in [-0.25, -0.2) is 0 Å². The molecule has 0 radical (unpaired) electrons. The van der Waals surface area contributed by atoms with Crippen molar-refractivity contribution in [2.75, 3.05) is 25.1 Å². The van der Waals surface area contributed by atoms with E-state index in [1.807, 2.05) is 13.2 Å². The van der Waals surface area contributed by atoms with E-state index < -0.39 is 0 Å². The molecular weight excluding hydrogens is 260 g/mol. The standard InChI is InChI=1S/C14H22N2O2S/c1-5-18-12-7-6-10(8-11(12)15)13(17)16-9-14(2,3)19-4/h6-8H,5,9,15H2,1-4H3,(H,16,17). The van der Waals surface area contributed by atoms with Gasteiger partial charge in [0.15, 0.2) is 0 Å². The first-order chi connectivity index (χ1) is 8.89. The summed E-state index contributed by atoms with van der Waals surface area (Å²) in [4.78, 5) is 12.0. The second-order valence-electron chi connectivity index (χ2n) is 4.83. The first-order valence-electron chi connectivity index (χ1n) is 6.25. The molecule has 0 aliphatic rings. The van der Waals surface area contributed by atoms with Crippen LogP contribution in [-0.2, 0) is 0 Å². The average molecular weight is 282 g/mol. The first kappa shape index (κ1) is 15.7. The number of carbonyl (C=O) groups is 1. The van der Waals surface area contributed by atoms with Gasteiger partial charge in [0.1, 0.15) is 5.75 Å². The minimum atomic E-state index is -0.114. The highest BCUT2D eigenvalue weighted by Gasteiger charge is 2.17. The number of nitrogens with one attached hydrogen (secondary N) is 1. The fourth-order valence-electron chi connectivity index (χ4n) is 1.44. The number of ether oxygens (including phenoxy) is 1. The predicted molar refractivity (Wildman–Crippen MR) is 82.0 cm³/mol. The summed E-state index contributed by atoms with van der Waals surface area (Å²) >= 11 is 1.72. The van der Waals surface area contributed by atoms with Crippen LogP contribution in [0.3, 0.4) is 0 Å². The molecule has 106 valence electrons. The SMILES string of the molecule is CCOc1ccc(C(=O)NCC(C)(C)SC)cc1N. The number of hydrogen-bond acceptors (Lipinski definition) is 4. The van der Waals surface area contributed by atoms with E-state index in [9.17, 15) is 4.79 Å². The van der Waals surface area contributed by atoms with Gasteiger partial charge in [-0.3, -0.25) is 4.79 Å². The quantitative estimate of drug-likeness (QED) is 0.787. The van der Waals surface area contributed by atoms with Crippen LogP contribution in [0.1, 0.15) is 31.1 Å². The van der Waals surface area contributed by atoms with Crippen LogP contribution in [-0.4, -0.2) is 30.1 Å². The summed E-state index contributed by atoms with van der Waals surface area (Å²) in [7, 11) is 0. The van der Waals surface area contributed by atoms with E-state index in [2.05, 4.69) is 19.2 Å². The van der Waals surface area contributed by atoms with Crippen LogP contribution < -0.4 is 15.8 Å². The molecule has 0 fully saturated rings. The van der Waals surface area contributed by atoms with E-state index in [1.165, 1.54) is 0 Å². The minimum Gasteiger partial charge on any atom is -0.492 e. The van der Waals surface area contributed by atoms with Crippen molar-refractivity contribution in [3.8, 4) is 5.75 Å². The number of amides is 1. The van der Waals surface area contributed by atoms with Crippen molar-refractivity contribution in [2.45, 2.75) is 25.5 Å². The Morgan fingerprint density at radius 1 is 1.47 bits per heavy atom. The normalized spacial score (nSPS) is 11.2. The van der Waals surface area contributed by atoms with E-state index in [0.29, 0.717) is 30.2 Å². The zero-order valence-electron chi connectivity index (χ0n) is 11.9. The number of rotatable bonds is 6. The number of anilines is 1. The summed E-state index contributed by atoms with van der Waals surface area (Å²) in [5.74, 6) is 0.500. The summed E-state index contributed by atoms with van der Waals surface area (Å²) in [5, 5.41) is 2.91. The minimum absolute atomic E-state index is 0.0203. The molecule has 1 amide bonds. The Balaban J connectivity index is 2.70. The maximum atomic E-state index is 12.0. The molecule has 0 heterocycles. The van der Waals surface area contributed by atoms with Crippen molar-refractivity contribution >= 4 is 23.4 Å². The largest absolute Gasteiger partial charge is 0.492 e. The Bertz CT molecular complexity index is 447. The second kappa shape index (κ2) is 6.70. The molecule has 3 N–H and O–H groups in total. The third-order valence-electron chi connectivity index (χ3n) is 2.80. The van der Waals surface area contributed by atoms with Gasteiger partial charge in [0.05, 0.1) is 12.3 Å². The molecule has 0 spiro atoms. The van der Waals surface area contributed by atoms with Crippen molar-refractivity contribution in [1.29, 1.82) is 0 Å². The lowest BCUT2D eigenvalue weighted by Gasteiger charge is -2.22. The summed E-state index contributed by atoms with van der Waals surface area (Å²) in [6, 6.07) is 5.10. The summed E-state index contributed by atoms with van der Waals surface area (Å²) in [6.45, 7) is 7.23. The molecule has 1 aromatic rings. The lowest BCUT2D eigenvalue weighted by atomic mass is 10.1. The average Bonchev–Trinajstić information content (AvgIpc) is 2.38.